The van der Waals surface area contributed by atoms with Gasteiger partial charge in [0, 0.05) is 17.8 Å². The Morgan fingerprint density at radius 2 is 1.34 bits per heavy atom. The van der Waals surface area contributed by atoms with Crippen LogP contribution in [0, 0.1) is 11.6 Å². The van der Waals surface area contributed by atoms with E-state index in [1.807, 2.05) is 0 Å². The van der Waals surface area contributed by atoms with Crippen molar-refractivity contribution in [2.75, 3.05) is 11.4 Å². The highest BCUT2D eigenvalue weighted by atomic mass is 19.4. The predicted molar refractivity (Wildman–Crippen MR) is 112 cm³/mol. The summed E-state index contributed by atoms with van der Waals surface area (Å²) in [5.74, 6) is -0.807. The van der Waals surface area contributed by atoms with E-state index >= 15 is 0 Å². The smallest absolute Gasteiger partial charge is 0.339 e. The minimum Gasteiger partial charge on any atom is -0.339 e. The molecule has 0 fully saturated rings. The van der Waals surface area contributed by atoms with E-state index in [9.17, 15) is 22.0 Å². The number of nitrogens with two attached hydrogens (primary N) is 2. The first-order valence-electron chi connectivity index (χ1n) is 9.87. The molecule has 0 radical (unpaired) electrons. The van der Waals surface area contributed by atoms with E-state index in [4.69, 9.17) is 11.5 Å². The van der Waals surface area contributed by atoms with E-state index < -0.39 is 36.8 Å². The zero-order valence-corrected chi connectivity index (χ0v) is 16.9. The Hall–Kier alpha value is -3.01. The number of alkyl halides is 3. The summed E-state index contributed by atoms with van der Waals surface area (Å²) in [6.07, 6.45) is -6.77. The van der Waals surface area contributed by atoms with Gasteiger partial charge in [-0.1, -0.05) is 30.3 Å². The Morgan fingerprint density at radius 3 is 1.94 bits per heavy atom. The standard InChI is InChI=1S/C23H21F5N4/c24-17-6-1-14(2-7-17)12-31-20-10-5-16(15-3-8-18(25)9-4-15)11-19(20)21(29)32(22(31)30)13-23(26,27)28/h1-11,21-22H,12-13,29-30H2. The molecule has 0 spiro atoms. The van der Waals surface area contributed by atoms with Gasteiger partial charge in [-0.25, -0.2) is 13.7 Å². The molecule has 2 atom stereocenters. The molecule has 168 valence electrons. The summed E-state index contributed by atoms with van der Waals surface area (Å²) in [6.45, 7) is -1.14. The van der Waals surface area contributed by atoms with Crippen LogP contribution in [-0.4, -0.2) is 23.9 Å². The highest BCUT2D eigenvalue weighted by molar-refractivity contribution is 5.70. The lowest BCUT2D eigenvalue weighted by Gasteiger charge is -2.47. The van der Waals surface area contributed by atoms with E-state index in [1.165, 1.54) is 24.3 Å². The summed E-state index contributed by atoms with van der Waals surface area (Å²) >= 11 is 0. The molecular formula is C23H21F5N4. The summed E-state index contributed by atoms with van der Waals surface area (Å²) in [6, 6.07) is 16.7. The maximum Gasteiger partial charge on any atom is 0.401 e. The third kappa shape index (κ3) is 4.59. The maximum atomic E-state index is 13.3. The Kier molecular flexibility index (Phi) is 5.89. The summed E-state index contributed by atoms with van der Waals surface area (Å²) in [7, 11) is 0. The molecule has 1 heterocycles. The van der Waals surface area contributed by atoms with Gasteiger partial charge >= 0.3 is 6.18 Å². The number of rotatable bonds is 4. The number of nitrogens with zero attached hydrogens (tertiary/aromatic N) is 2. The third-order valence-electron chi connectivity index (χ3n) is 5.48. The van der Waals surface area contributed by atoms with Crippen LogP contribution in [-0.2, 0) is 6.54 Å². The lowest BCUT2D eigenvalue weighted by molar-refractivity contribution is -0.158. The minimum absolute atomic E-state index is 0.158. The molecule has 9 heteroatoms. The van der Waals surface area contributed by atoms with Crippen LogP contribution in [0.3, 0.4) is 0 Å². The van der Waals surface area contributed by atoms with Gasteiger partial charge in [-0.15, -0.1) is 0 Å². The second-order valence-electron chi connectivity index (χ2n) is 7.68. The average Bonchev–Trinajstić information content (AvgIpc) is 2.75. The van der Waals surface area contributed by atoms with Crippen LogP contribution < -0.4 is 16.4 Å². The van der Waals surface area contributed by atoms with Crippen LogP contribution in [0.5, 0.6) is 0 Å². The second kappa shape index (κ2) is 8.50. The van der Waals surface area contributed by atoms with E-state index in [0.717, 1.165) is 4.90 Å². The molecule has 32 heavy (non-hydrogen) atoms. The van der Waals surface area contributed by atoms with Gasteiger partial charge in [0.1, 0.15) is 17.9 Å². The molecule has 4 nitrogen and oxygen atoms in total. The molecule has 0 bridgehead atoms. The second-order valence-corrected chi connectivity index (χ2v) is 7.68. The van der Waals surface area contributed by atoms with Gasteiger partial charge < -0.3 is 10.6 Å². The van der Waals surface area contributed by atoms with Crippen LogP contribution in [0.15, 0.2) is 66.7 Å². The first-order chi connectivity index (χ1) is 15.1. The molecule has 0 amide bonds. The summed E-state index contributed by atoms with van der Waals surface area (Å²) in [5, 5.41) is 0. The fraction of sp³-hybridized carbons (Fsp3) is 0.217. The van der Waals surface area contributed by atoms with Gasteiger partial charge in [0.25, 0.3) is 0 Å². The largest absolute Gasteiger partial charge is 0.401 e. The molecule has 0 saturated heterocycles. The molecule has 3 aromatic carbocycles. The molecular weight excluding hydrogens is 427 g/mol. The van der Waals surface area contributed by atoms with Gasteiger partial charge in [-0.2, -0.15) is 13.2 Å². The zero-order valence-electron chi connectivity index (χ0n) is 16.9. The van der Waals surface area contributed by atoms with Gasteiger partial charge in [0.15, 0.2) is 0 Å². The van der Waals surface area contributed by atoms with E-state index in [1.54, 1.807) is 47.4 Å². The fourth-order valence-corrected chi connectivity index (χ4v) is 3.90. The average molecular weight is 448 g/mol. The monoisotopic (exact) mass is 448 g/mol. The third-order valence-corrected chi connectivity index (χ3v) is 5.48. The fourth-order valence-electron chi connectivity index (χ4n) is 3.90. The minimum atomic E-state index is -4.51. The van der Waals surface area contributed by atoms with Gasteiger partial charge in [-0.3, -0.25) is 5.73 Å². The summed E-state index contributed by atoms with van der Waals surface area (Å²) in [5.41, 5.74) is 15.6. The molecule has 0 saturated carbocycles. The van der Waals surface area contributed by atoms with Crippen molar-refractivity contribution in [2.24, 2.45) is 11.5 Å². The van der Waals surface area contributed by atoms with Crippen molar-refractivity contribution in [1.29, 1.82) is 0 Å². The Bertz CT molecular complexity index is 1080. The quantitative estimate of drug-likeness (QED) is 0.568. The van der Waals surface area contributed by atoms with Crippen molar-refractivity contribution in [3.05, 3.63) is 89.5 Å². The lowest BCUT2D eigenvalue weighted by Crippen LogP contribution is -2.62. The number of halogens is 5. The normalized spacial score (nSPS) is 19.2. The van der Waals surface area contributed by atoms with Gasteiger partial charge in [0.05, 0.1) is 12.7 Å². The molecule has 4 N–H and O–H groups in total. The lowest BCUT2D eigenvalue weighted by atomic mass is 9.97. The van der Waals surface area contributed by atoms with Crippen molar-refractivity contribution in [1.82, 2.24) is 4.90 Å². The Balaban J connectivity index is 1.77. The first kappa shape index (κ1) is 22.2. The van der Waals surface area contributed by atoms with E-state index in [2.05, 4.69) is 0 Å². The van der Waals surface area contributed by atoms with E-state index in [-0.39, 0.29) is 6.54 Å². The first-order valence-corrected chi connectivity index (χ1v) is 9.87. The van der Waals surface area contributed by atoms with Crippen LogP contribution in [0.2, 0.25) is 0 Å². The number of hydrogen-bond acceptors (Lipinski definition) is 4. The topological polar surface area (TPSA) is 58.5 Å². The van der Waals surface area contributed by atoms with Crippen molar-refractivity contribution in [3.8, 4) is 11.1 Å². The Morgan fingerprint density at radius 1 is 0.781 bits per heavy atom. The zero-order chi connectivity index (χ0) is 23.0. The van der Waals surface area contributed by atoms with Crippen LogP contribution in [0.25, 0.3) is 11.1 Å². The molecule has 3 aromatic rings. The van der Waals surface area contributed by atoms with Crippen molar-refractivity contribution in [2.45, 2.75) is 25.2 Å². The van der Waals surface area contributed by atoms with Crippen LogP contribution >= 0.6 is 0 Å². The molecule has 0 aromatic heterocycles. The van der Waals surface area contributed by atoms with Crippen molar-refractivity contribution in [3.63, 3.8) is 0 Å². The predicted octanol–water partition coefficient (Wildman–Crippen LogP) is 4.72. The van der Waals surface area contributed by atoms with E-state index in [0.29, 0.717) is 27.9 Å². The van der Waals surface area contributed by atoms with Crippen LogP contribution in [0.1, 0.15) is 17.3 Å². The van der Waals surface area contributed by atoms with Crippen molar-refractivity contribution < 1.29 is 22.0 Å². The summed E-state index contributed by atoms with van der Waals surface area (Å²) in [4.78, 5) is 2.58. The number of hydrogen-bond donors (Lipinski definition) is 2. The van der Waals surface area contributed by atoms with Crippen LogP contribution in [0.4, 0.5) is 27.6 Å². The molecule has 4 rings (SSSR count). The Labute approximate surface area is 181 Å². The maximum absolute atomic E-state index is 13.3. The molecule has 2 unspecified atom stereocenters. The number of anilines is 1. The molecule has 1 aliphatic rings. The summed E-state index contributed by atoms with van der Waals surface area (Å²) < 4.78 is 66.5. The van der Waals surface area contributed by atoms with Crippen molar-refractivity contribution >= 4 is 5.69 Å². The highest BCUT2D eigenvalue weighted by Crippen LogP contribution is 2.39. The SMILES string of the molecule is NC1c2cc(-c3ccc(F)cc3)ccc2N(Cc2ccc(F)cc2)C(N)N1CC(F)(F)F. The van der Waals surface area contributed by atoms with Gasteiger partial charge in [-0.05, 0) is 53.1 Å². The number of fused-ring (bicyclic) bond motifs is 1. The van der Waals surface area contributed by atoms with Gasteiger partial charge in [0.2, 0.25) is 0 Å². The number of benzene rings is 3. The molecule has 0 aliphatic carbocycles. The molecule has 1 aliphatic heterocycles. The highest BCUT2D eigenvalue weighted by Gasteiger charge is 2.42.